The molecule has 0 radical (unpaired) electrons. The number of imidazole rings is 1. The van der Waals surface area contributed by atoms with E-state index in [1.807, 2.05) is 65.4 Å². The topological polar surface area (TPSA) is 72.2 Å². The molecular formula is C28H29ClN2O3S. The normalized spacial score (nSPS) is 12.7. The summed E-state index contributed by atoms with van der Waals surface area (Å²) in [6, 6.07) is 22.4. The molecule has 0 saturated heterocycles. The SMILES string of the molecule is CC(C)(O)c1cn(-c2ccc(-c3cccc(S(C)(=O)=O)c3)cc2)c(C(C)(C)c2ccccc2Cl)n1. The van der Waals surface area contributed by atoms with Crippen molar-refractivity contribution in [2.75, 3.05) is 6.26 Å². The third kappa shape index (κ3) is 5.06. The second kappa shape index (κ2) is 8.94. The highest BCUT2D eigenvalue weighted by molar-refractivity contribution is 7.90. The summed E-state index contributed by atoms with van der Waals surface area (Å²) < 4.78 is 25.9. The second-order valence-corrected chi connectivity index (χ2v) is 12.3. The van der Waals surface area contributed by atoms with Gasteiger partial charge in [0.1, 0.15) is 11.4 Å². The van der Waals surface area contributed by atoms with Crippen LogP contribution in [-0.2, 0) is 20.9 Å². The van der Waals surface area contributed by atoms with Crippen molar-refractivity contribution in [3.8, 4) is 16.8 Å². The van der Waals surface area contributed by atoms with Crippen molar-refractivity contribution >= 4 is 21.4 Å². The Hall–Kier alpha value is -2.93. The monoisotopic (exact) mass is 508 g/mol. The summed E-state index contributed by atoms with van der Waals surface area (Å²) in [6.45, 7) is 7.55. The average molecular weight is 509 g/mol. The number of hydrogen-bond acceptors (Lipinski definition) is 4. The van der Waals surface area contributed by atoms with Crippen molar-refractivity contribution < 1.29 is 13.5 Å². The molecule has 0 aliphatic rings. The fourth-order valence-corrected chi connectivity index (χ4v) is 5.16. The molecule has 0 atom stereocenters. The number of nitrogens with zero attached hydrogens (tertiary/aromatic N) is 2. The molecule has 35 heavy (non-hydrogen) atoms. The molecule has 0 saturated carbocycles. The van der Waals surface area contributed by atoms with Gasteiger partial charge in [-0.3, -0.25) is 0 Å². The Morgan fingerprint density at radius 2 is 1.54 bits per heavy atom. The summed E-state index contributed by atoms with van der Waals surface area (Å²) >= 11 is 6.56. The van der Waals surface area contributed by atoms with Crippen LogP contribution >= 0.6 is 11.6 Å². The molecule has 0 unspecified atom stereocenters. The highest BCUT2D eigenvalue weighted by atomic mass is 35.5. The number of rotatable bonds is 6. The molecule has 0 bridgehead atoms. The maximum atomic E-state index is 12.0. The van der Waals surface area contributed by atoms with Crippen LogP contribution in [0, 0.1) is 0 Å². The van der Waals surface area contributed by atoms with Gasteiger partial charge in [0.2, 0.25) is 0 Å². The van der Waals surface area contributed by atoms with E-state index >= 15 is 0 Å². The summed E-state index contributed by atoms with van der Waals surface area (Å²) in [5.74, 6) is 0.745. The number of hydrogen-bond donors (Lipinski definition) is 1. The van der Waals surface area contributed by atoms with Crippen molar-refractivity contribution in [1.82, 2.24) is 9.55 Å². The third-order valence-electron chi connectivity index (χ3n) is 6.18. The van der Waals surface area contributed by atoms with Crippen LogP contribution in [0.25, 0.3) is 16.8 Å². The molecule has 0 aliphatic carbocycles. The van der Waals surface area contributed by atoms with Crippen molar-refractivity contribution in [2.24, 2.45) is 0 Å². The van der Waals surface area contributed by atoms with Crippen molar-refractivity contribution in [3.05, 3.63) is 101 Å². The van der Waals surface area contributed by atoms with Crippen LogP contribution in [0.1, 0.15) is 44.8 Å². The molecule has 1 heterocycles. The lowest BCUT2D eigenvalue weighted by Crippen LogP contribution is -2.25. The maximum absolute atomic E-state index is 12.0. The Balaban J connectivity index is 1.82. The summed E-state index contributed by atoms with van der Waals surface area (Å²) in [6.07, 6.45) is 3.06. The van der Waals surface area contributed by atoms with E-state index in [2.05, 4.69) is 13.8 Å². The fourth-order valence-electron chi connectivity index (χ4n) is 4.12. The predicted molar refractivity (Wildman–Crippen MR) is 141 cm³/mol. The van der Waals surface area contributed by atoms with Crippen LogP contribution < -0.4 is 0 Å². The van der Waals surface area contributed by atoms with Crippen molar-refractivity contribution in [1.29, 1.82) is 0 Å². The summed E-state index contributed by atoms with van der Waals surface area (Å²) in [5.41, 5.74) is 2.40. The molecule has 1 N–H and O–H groups in total. The van der Waals surface area contributed by atoms with Gasteiger partial charge in [-0.15, -0.1) is 0 Å². The van der Waals surface area contributed by atoms with Gasteiger partial charge in [0.25, 0.3) is 0 Å². The van der Waals surface area contributed by atoms with Crippen LogP contribution in [0.5, 0.6) is 0 Å². The van der Waals surface area contributed by atoms with Crippen LogP contribution in [0.2, 0.25) is 5.02 Å². The zero-order valence-electron chi connectivity index (χ0n) is 20.4. The highest BCUT2D eigenvalue weighted by Gasteiger charge is 2.33. The fraction of sp³-hybridized carbons (Fsp3) is 0.250. The van der Waals surface area contributed by atoms with E-state index in [1.165, 1.54) is 6.26 Å². The Morgan fingerprint density at radius 1 is 0.886 bits per heavy atom. The molecular weight excluding hydrogens is 480 g/mol. The van der Waals surface area contributed by atoms with Crippen LogP contribution in [0.3, 0.4) is 0 Å². The van der Waals surface area contributed by atoms with Crippen LogP contribution in [0.15, 0.2) is 83.9 Å². The maximum Gasteiger partial charge on any atom is 0.175 e. The van der Waals surface area contributed by atoms with E-state index in [-0.39, 0.29) is 4.90 Å². The molecule has 1 aromatic heterocycles. The van der Waals surface area contributed by atoms with Gasteiger partial charge in [-0.2, -0.15) is 0 Å². The lowest BCUT2D eigenvalue weighted by Gasteiger charge is -2.27. The number of halogens is 1. The zero-order valence-corrected chi connectivity index (χ0v) is 22.0. The number of aliphatic hydroxyl groups is 1. The number of benzene rings is 3. The first-order valence-corrected chi connectivity index (χ1v) is 13.5. The Kier molecular flexibility index (Phi) is 6.43. The lowest BCUT2D eigenvalue weighted by molar-refractivity contribution is 0.0741. The van der Waals surface area contributed by atoms with E-state index in [0.29, 0.717) is 10.7 Å². The molecule has 0 spiro atoms. The van der Waals surface area contributed by atoms with E-state index < -0.39 is 20.9 Å². The minimum Gasteiger partial charge on any atom is -0.384 e. The van der Waals surface area contributed by atoms with E-state index in [0.717, 1.165) is 28.2 Å². The van der Waals surface area contributed by atoms with Crippen molar-refractivity contribution in [3.63, 3.8) is 0 Å². The van der Waals surface area contributed by atoms with Crippen LogP contribution in [0.4, 0.5) is 0 Å². The zero-order chi connectivity index (χ0) is 25.6. The number of aromatic nitrogens is 2. The first-order valence-electron chi connectivity index (χ1n) is 11.3. The Morgan fingerprint density at radius 3 is 2.14 bits per heavy atom. The average Bonchev–Trinajstić information content (AvgIpc) is 3.26. The van der Waals surface area contributed by atoms with Gasteiger partial charge in [0, 0.05) is 28.6 Å². The predicted octanol–water partition coefficient (Wildman–Crippen LogP) is 6.15. The first kappa shape index (κ1) is 25.2. The van der Waals surface area contributed by atoms with Crippen molar-refractivity contribution in [2.45, 2.75) is 43.6 Å². The lowest BCUT2D eigenvalue weighted by atomic mass is 9.83. The Labute approximate surface area is 212 Å². The summed E-state index contributed by atoms with van der Waals surface area (Å²) in [4.78, 5) is 5.14. The van der Waals surface area contributed by atoms with Gasteiger partial charge in [0.05, 0.1) is 10.6 Å². The molecule has 0 aliphatic heterocycles. The largest absolute Gasteiger partial charge is 0.384 e. The van der Waals surface area contributed by atoms with Gasteiger partial charge in [-0.25, -0.2) is 13.4 Å². The molecule has 182 valence electrons. The minimum absolute atomic E-state index is 0.285. The number of sulfone groups is 1. The molecule has 5 nitrogen and oxygen atoms in total. The Bertz CT molecular complexity index is 1480. The summed E-state index contributed by atoms with van der Waals surface area (Å²) in [5, 5.41) is 11.3. The van der Waals surface area contributed by atoms with E-state index in [4.69, 9.17) is 16.6 Å². The molecule has 7 heteroatoms. The van der Waals surface area contributed by atoms with Crippen LogP contribution in [-0.4, -0.2) is 29.3 Å². The second-order valence-electron chi connectivity index (χ2n) is 9.83. The first-order chi connectivity index (χ1) is 16.3. The van der Waals surface area contributed by atoms with Gasteiger partial charge in [-0.1, -0.05) is 54.1 Å². The summed E-state index contributed by atoms with van der Waals surface area (Å²) in [7, 11) is -3.29. The minimum atomic E-state index is -3.29. The smallest absolute Gasteiger partial charge is 0.175 e. The van der Waals surface area contributed by atoms with E-state index in [1.54, 1.807) is 32.0 Å². The van der Waals surface area contributed by atoms with Gasteiger partial charge >= 0.3 is 0 Å². The quantitative estimate of drug-likeness (QED) is 0.339. The molecule has 0 fully saturated rings. The van der Waals surface area contributed by atoms with Gasteiger partial charge in [0.15, 0.2) is 9.84 Å². The third-order valence-corrected chi connectivity index (χ3v) is 7.62. The molecule has 4 rings (SSSR count). The molecule has 0 amide bonds. The van der Waals surface area contributed by atoms with Gasteiger partial charge in [-0.05, 0) is 74.7 Å². The highest BCUT2D eigenvalue weighted by Crippen LogP contribution is 2.38. The van der Waals surface area contributed by atoms with E-state index in [9.17, 15) is 13.5 Å². The van der Waals surface area contributed by atoms with Gasteiger partial charge < -0.3 is 9.67 Å². The molecule has 4 aromatic rings. The standard InChI is InChI=1S/C28H29ClN2O3S/c1-27(2,23-11-6-7-12-24(23)29)26-30-25(28(3,4)32)18-31(26)21-15-13-19(14-16-21)20-9-8-10-22(17-20)35(5,33)34/h6-18,32H,1-5H3. The molecule has 3 aromatic carbocycles.